The van der Waals surface area contributed by atoms with Crippen LogP contribution in [0.25, 0.3) is 0 Å². The van der Waals surface area contributed by atoms with Crippen molar-refractivity contribution in [1.82, 2.24) is 29.8 Å². The Labute approximate surface area is 173 Å². The van der Waals surface area contributed by atoms with Gasteiger partial charge in [0.15, 0.2) is 0 Å². The van der Waals surface area contributed by atoms with Crippen molar-refractivity contribution in [3.8, 4) is 0 Å². The molecule has 0 aromatic carbocycles. The van der Waals surface area contributed by atoms with Crippen LogP contribution in [0.3, 0.4) is 0 Å². The summed E-state index contributed by atoms with van der Waals surface area (Å²) in [5, 5.41) is 13.1. The molecule has 8 nitrogen and oxygen atoms in total. The number of hydrogen-bond donors (Lipinski definition) is 0. The fraction of sp³-hybridized carbons (Fsp3) is 0.714. The first-order valence-electron chi connectivity index (χ1n) is 10.6. The van der Waals surface area contributed by atoms with E-state index in [1.165, 1.54) is 0 Å². The lowest BCUT2D eigenvalue weighted by atomic mass is 10.00. The maximum absolute atomic E-state index is 13.3. The molecular weight excluding hydrogens is 368 g/mol. The standard InChI is InChI=1S/C21H34N6O2/c1-14(2)12-27-16(4)17(15(3)24-27)11-20(28)26-10-8-7-9-18(26)21-23-22-19(29-21)13-25(5)6/h14,18H,7-13H2,1-6H3/t18-/m1/s1. The molecule has 3 heterocycles. The lowest BCUT2D eigenvalue weighted by Crippen LogP contribution is -2.39. The lowest BCUT2D eigenvalue weighted by molar-refractivity contribution is -0.135. The highest BCUT2D eigenvalue weighted by atomic mass is 16.4. The van der Waals surface area contributed by atoms with E-state index in [1.807, 2.05) is 35.5 Å². The van der Waals surface area contributed by atoms with Gasteiger partial charge in [0.05, 0.1) is 18.7 Å². The highest BCUT2D eigenvalue weighted by Gasteiger charge is 2.32. The average Bonchev–Trinajstić information content (AvgIpc) is 3.21. The van der Waals surface area contributed by atoms with Crippen LogP contribution in [0.5, 0.6) is 0 Å². The molecule has 2 aromatic rings. The number of hydrogen-bond acceptors (Lipinski definition) is 6. The molecule has 8 heteroatoms. The quantitative estimate of drug-likeness (QED) is 0.708. The van der Waals surface area contributed by atoms with Crippen LogP contribution in [0.4, 0.5) is 0 Å². The van der Waals surface area contributed by atoms with Gasteiger partial charge >= 0.3 is 0 Å². The SMILES string of the molecule is Cc1nn(CC(C)C)c(C)c1CC(=O)N1CCCC[C@@H]1c1nnc(CN(C)C)o1. The summed E-state index contributed by atoms with van der Waals surface area (Å²) in [7, 11) is 3.93. The van der Waals surface area contributed by atoms with E-state index in [2.05, 4.69) is 36.1 Å². The van der Waals surface area contributed by atoms with Gasteiger partial charge in [0.25, 0.3) is 0 Å². The van der Waals surface area contributed by atoms with Crippen LogP contribution in [0.15, 0.2) is 4.42 Å². The van der Waals surface area contributed by atoms with Crippen LogP contribution in [0, 0.1) is 19.8 Å². The first-order chi connectivity index (χ1) is 13.8. The number of piperidine rings is 1. The third-order valence-corrected chi connectivity index (χ3v) is 5.44. The average molecular weight is 403 g/mol. The number of amides is 1. The van der Waals surface area contributed by atoms with Crippen LogP contribution >= 0.6 is 0 Å². The second-order valence-corrected chi connectivity index (χ2v) is 8.77. The molecule has 1 aliphatic heterocycles. The topological polar surface area (TPSA) is 80.3 Å². The number of nitrogens with zero attached hydrogens (tertiary/aromatic N) is 6. The number of likely N-dealkylation sites (tertiary alicyclic amines) is 1. The van der Waals surface area contributed by atoms with Crippen molar-refractivity contribution in [3.05, 3.63) is 28.7 Å². The maximum atomic E-state index is 13.3. The summed E-state index contributed by atoms with van der Waals surface area (Å²) in [5.41, 5.74) is 3.07. The van der Waals surface area contributed by atoms with Crippen molar-refractivity contribution in [2.24, 2.45) is 5.92 Å². The Morgan fingerprint density at radius 2 is 2.00 bits per heavy atom. The predicted octanol–water partition coefficient (Wildman–Crippen LogP) is 2.90. The zero-order valence-electron chi connectivity index (χ0n) is 18.6. The molecule has 0 bridgehead atoms. The Hall–Kier alpha value is -2.22. The van der Waals surface area contributed by atoms with E-state index in [9.17, 15) is 4.79 Å². The predicted molar refractivity (Wildman–Crippen MR) is 110 cm³/mol. The highest BCUT2D eigenvalue weighted by molar-refractivity contribution is 5.79. The number of carbonyl (C=O) groups excluding carboxylic acids is 1. The molecule has 160 valence electrons. The van der Waals surface area contributed by atoms with Crippen molar-refractivity contribution in [2.75, 3.05) is 20.6 Å². The third-order valence-electron chi connectivity index (χ3n) is 5.44. The van der Waals surface area contributed by atoms with Crippen LogP contribution in [-0.4, -0.2) is 56.3 Å². The number of rotatable bonds is 7. The van der Waals surface area contributed by atoms with Crippen LogP contribution in [0.2, 0.25) is 0 Å². The van der Waals surface area contributed by atoms with Crippen LogP contribution in [0.1, 0.15) is 67.9 Å². The van der Waals surface area contributed by atoms with Gasteiger partial charge in [0.2, 0.25) is 17.7 Å². The summed E-state index contributed by atoms with van der Waals surface area (Å²) in [6.45, 7) is 10.6. The summed E-state index contributed by atoms with van der Waals surface area (Å²) in [6, 6.07) is -0.133. The Morgan fingerprint density at radius 3 is 2.69 bits per heavy atom. The van der Waals surface area contributed by atoms with Crippen molar-refractivity contribution >= 4 is 5.91 Å². The van der Waals surface area contributed by atoms with Gasteiger partial charge in [0.1, 0.15) is 6.04 Å². The number of aryl methyl sites for hydroxylation is 1. The molecule has 0 spiro atoms. The van der Waals surface area contributed by atoms with Crippen molar-refractivity contribution < 1.29 is 9.21 Å². The smallest absolute Gasteiger partial charge is 0.239 e. The minimum absolute atomic E-state index is 0.109. The molecule has 1 amide bonds. The van der Waals surface area contributed by atoms with Crippen LogP contribution in [-0.2, 0) is 24.3 Å². The minimum Gasteiger partial charge on any atom is -0.422 e. The Kier molecular flexibility index (Phi) is 6.72. The molecule has 2 aromatic heterocycles. The lowest BCUT2D eigenvalue weighted by Gasteiger charge is -2.33. The molecule has 1 aliphatic rings. The molecule has 0 radical (unpaired) electrons. The summed E-state index contributed by atoms with van der Waals surface area (Å²) in [4.78, 5) is 17.2. The van der Waals surface area contributed by atoms with E-state index in [0.29, 0.717) is 30.7 Å². The molecule has 0 unspecified atom stereocenters. The Morgan fingerprint density at radius 1 is 1.24 bits per heavy atom. The van der Waals surface area contributed by atoms with Gasteiger partial charge in [-0.3, -0.25) is 9.48 Å². The van der Waals surface area contributed by atoms with Gasteiger partial charge < -0.3 is 14.2 Å². The Bertz CT molecular complexity index is 838. The highest BCUT2D eigenvalue weighted by Crippen LogP contribution is 2.31. The molecule has 1 saturated heterocycles. The number of aromatic nitrogens is 4. The third kappa shape index (κ3) is 5.04. The van der Waals surface area contributed by atoms with Gasteiger partial charge in [-0.25, -0.2) is 0 Å². The zero-order valence-corrected chi connectivity index (χ0v) is 18.6. The van der Waals surface area contributed by atoms with E-state index < -0.39 is 0 Å². The van der Waals surface area contributed by atoms with Gasteiger partial charge in [0, 0.05) is 24.3 Å². The molecular formula is C21H34N6O2. The summed E-state index contributed by atoms with van der Waals surface area (Å²) in [6.07, 6.45) is 3.29. The van der Waals surface area contributed by atoms with E-state index in [-0.39, 0.29) is 11.9 Å². The van der Waals surface area contributed by atoms with E-state index >= 15 is 0 Å². The molecule has 0 saturated carbocycles. The van der Waals surface area contributed by atoms with Crippen molar-refractivity contribution in [1.29, 1.82) is 0 Å². The largest absolute Gasteiger partial charge is 0.422 e. The molecule has 0 N–H and O–H groups in total. The van der Waals surface area contributed by atoms with E-state index in [1.54, 1.807) is 0 Å². The molecule has 29 heavy (non-hydrogen) atoms. The summed E-state index contributed by atoms with van der Waals surface area (Å²) >= 11 is 0. The van der Waals surface area contributed by atoms with Crippen LogP contribution < -0.4 is 0 Å². The fourth-order valence-corrected chi connectivity index (χ4v) is 3.99. The fourth-order valence-electron chi connectivity index (χ4n) is 3.99. The van der Waals surface area contributed by atoms with Gasteiger partial charge in [-0.05, 0) is 53.1 Å². The monoisotopic (exact) mass is 402 g/mol. The van der Waals surface area contributed by atoms with Gasteiger partial charge in [-0.2, -0.15) is 5.10 Å². The van der Waals surface area contributed by atoms with Gasteiger partial charge in [-0.15, -0.1) is 10.2 Å². The first-order valence-corrected chi connectivity index (χ1v) is 10.6. The maximum Gasteiger partial charge on any atom is 0.239 e. The first kappa shape index (κ1) is 21.5. The summed E-state index contributed by atoms with van der Waals surface area (Å²) < 4.78 is 7.92. The van der Waals surface area contributed by atoms with Crippen molar-refractivity contribution in [2.45, 2.75) is 72.5 Å². The van der Waals surface area contributed by atoms with E-state index in [0.717, 1.165) is 49.3 Å². The second kappa shape index (κ2) is 9.07. The van der Waals surface area contributed by atoms with E-state index in [4.69, 9.17) is 4.42 Å². The zero-order chi connectivity index (χ0) is 21.1. The molecule has 3 rings (SSSR count). The Balaban J connectivity index is 1.76. The van der Waals surface area contributed by atoms with Crippen molar-refractivity contribution in [3.63, 3.8) is 0 Å². The molecule has 1 fully saturated rings. The molecule has 1 atom stereocenters. The molecule has 0 aliphatic carbocycles. The normalized spacial score (nSPS) is 17.5. The number of carbonyl (C=O) groups is 1. The minimum atomic E-state index is -0.133. The second-order valence-electron chi connectivity index (χ2n) is 8.77. The summed E-state index contributed by atoms with van der Waals surface area (Å²) in [5.74, 6) is 1.76. The van der Waals surface area contributed by atoms with Gasteiger partial charge in [-0.1, -0.05) is 13.8 Å².